The van der Waals surface area contributed by atoms with E-state index in [0.29, 0.717) is 19.4 Å². The molecule has 2 atom stereocenters. The molecule has 0 radical (unpaired) electrons. The number of amides is 1. The average molecular weight is 1100 g/mol. The second-order valence-corrected chi connectivity index (χ2v) is 24.2. The fourth-order valence-corrected chi connectivity index (χ4v) is 11.0. The first-order valence-electron chi connectivity index (χ1n) is 35.3. The van der Waals surface area contributed by atoms with Gasteiger partial charge in [-0.2, -0.15) is 0 Å². The second-order valence-electron chi connectivity index (χ2n) is 24.2. The maximum absolute atomic E-state index is 12.5. The zero-order valence-electron chi connectivity index (χ0n) is 52.7. The summed E-state index contributed by atoms with van der Waals surface area (Å²) >= 11 is 0. The van der Waals surface area contributed by atoms with Crippen LogP contribution in [0.2, 0.25) is 0 Å². The van der Waals surface area contributed by atoms with Crippen molar-refractivity contribution in [2.24, 2.45) is 0 Å². The molecule has 0 aromatic heterocycles. The van der Waals surface area contributed by atoms with E-state index in [9.17, 15) is 19.8 Å². The molecule has 0 aromatic rings. The van der Waals surface area contributed by atoms with Gasteiger partial charge in [-0.3, -0.25) is 9.59 Å². The van der Waals surface area contributed by atoms with E-state index in [2.05, 4.69) is 43.5 Å². The van der Waals surface area contributed by atoms with Gasteiger partial charge in [0, 0.05) is 12.8 Å². The summed E-state index contributed by atoms with van der Waals surface area (Å²) in [5.41, 5.74) is 0. The first-order chi connectivity index (χ1) is 38.5. The number of carbonyl (C=O) groups is 2. The summed E-state index contributed by atoms with van der Waals surface area (Å²) in [5.74, 6) is -0.0548. The van der Waals surface area contributed by atoms with Crippen LogP contribution in [0.5, 0.6) is 0 Å². The molecule has 0 aliphatic rings. The Kier molecular flexibility index (Phi) is 65.9. The molecule has 1 amide bonds. The van der Waals surface area contributed by atoms with Crippen LogP contribution >= 0.6 is 0 Å². The van der Waals surface area contributed by atoms with Crippen LogP contribution in [0.4, 0.5) is 0 Å². The third-order valence-corrected chi connectivity index (χ3v) is 16.4. The quantitative estimate of drug-likeness (QED) is 0.0320. The van der Waals surface area contributed by atoms with Crippen molar-refractivity contribution in [1.82, 2.24) is 5.32 Å². The summed E-state index contributed by atoms with van der Waals surface area (Å²) in [4.78, 5) is 24.5. The van der Waals surface area contributed by atoms with Gasteiger partial charge in [0.15, 0.2) is 0 Å². The van der Waals surface area contributed by atoms with Gasteiger partial charge in [0.1, 0.15) is 0 Å². The van der Waals surface area contributed by atoms with E-state index in [0.717, 1.165) is 44.9 Å². The van der Waals surface area contributed by atoms with Crippen LogP contribution in [-0.4, -0.2) is 47.4 Å². The topological polar surface area (TPSA) is 95.9 Å². The number of esters is 1. The number of allylic oxidation sites excluding steroid dienone is 5. The number of hydrogen-bond donors (Lipinski definition) is 3. The molecule has 0 bridgehead atoms. The normalized spacial score (nSPS) is 12.7. The van der Waals surface area contributed by atoms with Gasteiger partial charge >= 0.3 is 5.97 Å². The molecule has 0 aromatic carbocycles. The molecule has 0 saturated heterocycles. The largest absolute Gasteiger partial charge is 0.466 e. The second kappa shape index (κ2) is 67.6. The maximum Gasteiger partial charge on any atom is 0.305 e. The molecule has 0 spiro atoms. The summed E-state index contributed by atoms with van der Waals surface area (Å²) < 4.78 is 5.48. The highest BCUT2D eigenvalue weighted by molar-refractivity contribution is 5.76. The Labute approximate surface area is 487 Å². The molecule has 0 aliphatic carbocycles. The molecular weight excluding hydrogens is 959 g/mol. The van der Waals surface area contributed by atoms with Gasteiger partial charge < -0.3 is 20.3 Å². The van der Waals surface area contributed by atoms with Gasteiger partial charge in [0.25, 0.3) is 0 Å². The van der Waals surface area contributed by atoms with Crippen LogP contribution in [0, 0.1) is 0 Å². The number of unbranched alkanes of at least 4 members (excludes halogenated alkanes) is 51. The Balaban J connectivity index is 3.38. The molecule has 0 saturated carbocycles. The van der Waals surface area contributed by atoms with Crippen molar-refractivity contribution in [3.05, 3.63) is 36.5 Å². The van der Waals surface area contributed by atoms with E-state index in [1.54, 1.807) is 6.08 Å². The van der Waals surface area contributed by atoms with Crippen molar-refractivity contribution in [3.63, 3.8) is 0 Å². The number of ether oxygens (including phenoxy) is 1. The highest BCUT2D eigenvalue weighted by atomic mass is 16.5. The molecule has 6 nitrogen and oxygen atoms in total. The fraction of sp³-hybridized carbons (Fsp3) is 0.889. The number of aliphatic hydroxyl groups is 2. The molecule has 2 unspecified atom stereocenters. The van der Waals surface area contributed by atoms with Crippen molar-refractivity contribution in [2.45, 2.75) is 398 Å². The Bertz CT molecular complexity index is 1260. The van der Waals surface area contributed by atoms with Crippen LogP contribution in [0.1, 0.15) is 386 Å². The molecule has 460 valence electrons. The van der Waals surface area contributed by atoms with Crippen LogP contribution in [0.3, 0.4) is 0 Å². The third kappa shape index (κ3) is 63.3. The monoisotopic (exact) mass is 1100 g/mol. The molecule has 0 aliphatic heterocycles. The smallest absolute Gasteiger partial charge is 0.305 e. The Morgan fingerprint density at radius 3 is 0.923 bits per heavy atom. The Hall–Kier alpha value is -1.92. The molecule has 3 N–H and O–H groups in total. The van der Waals surface area contributed by atoms with E-state index < -0.39 is 12.1 Å². The van der Waals surface area contributed by atoms with Crippen LogP contribution < -0.4 is 5.32 Å². The summed E-state index contributed by atoms with van der Waals surface area (Å²) in [6.07, 6.45) is 86.5. The van der Waals surface area contributed by atoms with Gasteiger partial charge in [-0.15, -0.1) is 0 Å². The first kappa shape index (κ1) is 76.1. The van der Waals surface area contributed by atoms with E-state index in [1.807, 2.05) is 6.08 Å². The zero-order chi connectivity index (χ0) is 56.4. The lowest BCUT2D eigenvalue weighted by atomic mass is 10.0. The standard InChI is InChI=1S/C72H137NO5/c1-3-5-7-9-11-13-15-17-18-34-37-41-44-48-52-56-60-64-70(75)69(68-74)73-71(76)65-61-57-53-49-45-42-38-35-32-30-28-26-24-22-20-19-21-23-25-27-29-31-33-36-39-43-47-51-55-59-63-67-78-72(77)66-62-58-54-50-46-40-16-14-12-10-8-6-4-2/h14,16,21,23,60,64,69-70,74-75H,3-13,15,17-20,22,24-59,61-63,65-68H2,1-2H3,(H,73,76)/b16-14-,23-21-,64-60+. The van der Waals surface area contributed by atoms with Gasteiger partial charge in [-0.25, -0.2) is 0 Å². The van der Waals surface area contributed by atoms with E-state index >= 15 is 0 Å². The fourth-order valence-electron chi connectivity index (χ4n) is 11.0. The highest BCUT2D eigenvalue weighted by Crippen LogP contribution is 2.18. The number of carbonyl (C=O) groups excluding carboxylic acids is 2. The van der Waals surface area contributed by atoms with E-state index in [1.165, 1.54) is 315 Å². The SMILES string of the molecule is CCCCCC/C=C\CCCCCCCC(=O)OCCCCCCCCCCCCCC/C=C\CCCCCCCCCCCCCCCCCC(=O)NC(CO)C(O)/C=C/CCCCCCCCCCCCCCCCC. The summed E-state index contributed by atoms with van der Waals surface area (Å²) in [6.45, 7) is 4.92. The predicted molar refractivity (Wildman–Crippen MR) is 343 cm³/mol. The number of rotatable bonds is 66. The predicted octanol–water partition coefficient (Wildman–Crippen LogP) is 22.7. The number of aliphatic hydroxyl groups excluding tert-OH is 2. The van der Waals surface area contributed by atoms with Gasteiger partial charge in [0.2, 0.25) is 5.91 Å². The number of hydrogen-bond acceptors (Lipinski definition) is 5. The molecule has 6 heteroatoms. The molecular formula is C72H137NO5. The zero-order valence-corrected chi connectivity index (χ0v) is 52.7. The molecule has 0 rings (SSSR count). The average Bonchev–Trinajstić information content (AvgIpc) is 3.44. The molecule has 0 fully saturated rings. The van der Waals surface area contributed by atoms with E-state index in [-0.39, 0.29) is 18.5 Å². The van der Waals surface area contributed by atoms with Gasteiger partial charge in [0.05, 0.1) is 25.4 Å². The van der Waals surface area contributed by atoms with Crippen LogP contribution in [0.25, 0.3) is 0 Å². The minimum atomic E-state index is -0.843. The summed E-state index contributed by atoms with van der Waals surface area (Å²) in [5, 5.41) is 23.2. The minimum Gasteiger partial charge on any atom is -0.466 e. The maximum atomic E-state index is 12.5. The van der Waals surface area contributed by atoms with Crippen LogP contribution in [0.15, 0.2) is 36.5 Å². The van der Waals surface area contributed by atoms with Crippen molar-refractivity contribution in [1.29, 1.82) is 0 Å². The highest BCUT2D eigenvalue weighted by Gasteiger charge is 2.18. The van der Waals surface area contributed by atoms with Crippen molar-refractivity contribution in [3.8, 4) is 0 Å². The lowest BCUT2D eigenvalue weighted by Gasteiger charge is -2.20. The van der Waals surface area contributed by atoms with Gasteiger partial charge in [-0.05, 0) is 83.5 Å². The van der Waals surface area contributed by atoms with E-state index in [4.69, 9.17) is 4.74 Å². The number of nitrogens with one attached hydrogen (secondary N) is 1. The molecule has 78 heavy (non-hydrogen) atoms. The summed E-state index contributed by atoms with van der Waals surface area (Å²) in [7, 11) is 0. The lowest BCUT2D eigenvalue weighted by Crippen LogP contribution is -2.45. The summed E-state index contributed by atoms with van der Waals surface area (Å²) in [6, 6.07) is -0.627. The minimum absolute atomic E-state index is 0.00837. The van der Waals surface area contributed by atoms with Crippen LogP contribution in [-0.2, 0) is 14.3 Å². The van der Waals surface area contributed by atoms with Crippen molar-refractivity contribution in [2.75, 3.05) is 13.2 Å². The van der Waals surface area contributed by atoms with Gasteiger partial charge in [-0.1, -0.05) is 326 Å². The van der Waals surface area contributed by atoms with Crippen molar-refractivity contribution < 1.29 is 24.5 Å². The van der Waals surface area contributed by atoms with Crippen molar-refractivity contribution >= 4 is 11.9 Å². The molecule has 0 heterocycles. The Morgan fingerprint density at radius 2 is 0.603 bits per heavy atom. The first-order valence-corrected chi connectivity index (χ1v) is 35.3. The lowest BCUT2D eigenvalue weighted by molar-refractivity contribution is -0.143. The Morgan fingerprint density at radius 1 is 0.346 bits per heavy atom. The third-order valence-electron chi connectivity index (χ3n) is 16.4.